The highest BCUT2D eigenvalue weighted by Gasteiger charge is 2.45. The number of nitrogens with zero attached hydrogens (tertiary/aromatic N) is 7. The first-order valence-corrected chi connectivity index (χ1v) is 22.8. The van der Waals surface area contributed by atoms with Gasteiger partial charge in [-0.1, -0.05) is 29.8 Å². The van der Waals surface area contributed by atoms with Gasteiger partial charge in [0.25, 0.3) is 17.7 Å². The highest BCUT2D eigenvalue weighted by Crippen LogP contribution is 2.33. The number of aromatic amines is 1. The van der Waals surface area contributed by atoms with E-state index in [0.717, 1.165) is 49.7 Å². The first kappa shape index (κ1) is 44.2. The zero-order valence-electron chi connectivity index (χ0n) is 36.7. The molecule has 7 heterocycles. The first-order chi connectivity index (χ1) is 33.1. The number of hydrogen-bond acceptors (Lipinski definition) is 14. The monoisotopic (exact) mass is 936 g/mol. The van der Waals surface area contributed by atoms with Crippen molar-refractivity contribution in [1.29, 1.82) is 0 Å². The number of carbonyl (C=O) groups is 6. The standard InChI is InChI=1S/C49H45ClN10O8/c50-38-24-33(68-31-6-2-1-3-7-31)10-12-35(38)43(62)37-26-52-44-42(37)45(54-28-53-44)55-30-5-4-16-59(27-30)47(64)29-8-14-40(51-25-29)58-19-17-57(18-20-58)21-22-67-32-9-11-34-36(23-32)49(66)60(48(34)65)39-13-15-41(61)56-46(39)63/h1-3,6-12,14,23-26,28,30,39H,4-5,13,15-22,27H2,(H,56,61,63)(H2,52,53,54,55)/t30-,39?/m1/s1. The van der Waals surface area contributed by atoms with Crippen LogP contribution in [-0.2, 0) is 9.59 Å². The first-order valence-electron chi connectivity index (χ1n) is 22.4. The molecule has 3 saturated heterocycles. The maximum atomic E-state index is 13.9. The van der Waals surface area contributed by atoms with Crippen molar-refractivity contribution in [1.82, 2.24) is 40.0 Å². The smallest absolute Gasteiger partial charge is 0.262 e. The molecular weight excluding hydrogens is 892 g/mol. The number of halogens is 1. The van der Waals surface area contributed by atoms with Gasteiger partial charge in [0, 0.05) is 82.3 Å². The third-order valence-electron chi connectivity index (χ3n) is 12.7. The van der Waals surface area contributed by atoms with Gasteiger partial charge in [0.05, 0.1) is 32.7 Å². The van der Waals surface area contributed by atoms with Gasteiger partial charge in [-0.2, -0.15) is 0 Å². The molecule has 4 aliphatic rings. The van der Waals surface area contributed by atoms with E-state index in [1.807, 2.05) is 47.4 Å². The van der Waals surface area contributed by atoms with E-state index in [-0.39, 0.29) is 46.7 Å². The normalized spacial score (nSPS) is 18.7. The summed E-state index contributed by atoms with van der Waals surface area (Å²) in [5.74, 6) is 0.217. The van der Waals surface area contributed by atoms with Gasteiger partial charge in [0.1, 0.15) is 53.5 Å². The zero-order valence-corrected chi connectivity index (χ0v) is 37.4. The van der Waals surface area contributed by atoms with Crippen molar-refractivity contribution in [2.45, 2.75) is 37.8 Å². The average molecular weight is 937 g/mol. The molecule has 0 spiro atoms. The number of H-pyrrole nitrogens is 1. The molecule has 346 valence electrons. The lowest BCUT2D eigenvalue weighted by atomic mass is 10.0. The molecule has 3 N–H and O–H groups in total. The Labute approximate surface area is 394 Å². The number of pyridine rings is 1. The number of para-hydroxylation sites is 1. The number of nitrogens with one attached hydrogen (secondary N) is 3. The average Bonchev–Trinajstić information content (AvgIpc) is 3.90. The molecule has 19 heteroatoms. The van der Waals surface area contributed by atoms with Crippen LogP contribution in [0.3, 0.4) is 0 Å². The summed E-state index contributed by atoms with van der Waals surface area (Å²) in [6.07, 6.45) is 6.37. The second-order valence-corrected chi connectivity index (χ2v) is 17.4. The van der Waals surface area contributed by atoms with E-state index >= 15 is 0 Å². The SMILES string of the molecule is O=C1CCC(N2C(=O)c3ccc(OCCN4CCN(c5ccc(C(=O)N6CCC[C@@H](Nc7ncnc8[nH]cc(C(=O)c9ccc(Oc%10ccccc%10)cc9Cl)c78)C6)cn5)CC4)cc3C2=O)C(=O)N1. The molecule has 3 aromatic carbocycles. The van der Waals surface area contributed by atoms with E-state index in [0.29, 0.717) is 77.0 Å². The highest BCUT2D eigenvalue weighted by atomic mass is 35.5. The third kappa shape index (κ3) is 8.94. The summed E-state index contributed by atoms with van der Waals surface area (Å²) in [6, 6.07) is 21.5. The summed E-state index contributed by atoms with van der Waals surface area (Å²) in [5, 5.41) is 6.48. The van der Waals surface area contributed by atoms with Gasteiger partial charge in [0.15, 0.2) is 5.78 Å². The second-order valence-electron chi connectivity index (χ2n) is 17.0. The van der Waals surface area contributed by atoms with Crippen LogP contribution in [-0.4, -0.2) is 134 Å². The maximum Gasteiger partial charge on any atom is 0.262 e. The molecule has 1 unspecified atom stereocenters. The largest absolute Gasteiger partial charge is 0.492 e. The Morgan fingerprint density at radius 3 is 2.40 bits per heavy atom. The number of piperazine rings is 1. The highest BCUT2D eigenvalue weighted by molar-refractivity contribution is 6.36. The van der Waals surface area contributed by atoms with Gasteiger partial charge < -0.3 is 29.6 Å². The number of hydrogen-bond donors (Lipinski definition) is 3. The lowest BCUT2D eigenvalue weighted by molar-refractivity contribution is -0.136. The van der Waals surface area contributed by atoms with Crippen LogP contribution in [0.15, 0.2) is 97.6 Å². The molecule has 3 aromatic heterocycles. The number of piperidine rings is 2. The molecule has 0 bridgehead atoms. The molecular formula is C49H45ClN10O8. The molecule has 0 saturated carbocycles. The second kappa shape index (κ2) is 18.9. The van der Waals surface area contributed by atoms with Crippen molar-refractivity contribution in [2.24, 2.45) is 0 Å². The molecule has 18 nitrogen and oxygen atoms in total. The van der Waals surface area contributed by atoms with E-state index in [1.165, 1.54) is 18.5 Å². The van der Waals surface area contributed by atoms with Crippen LogP contribution < -0.4 is 25.0 Å². The molecule has 2 atom stereocenters. The van der Waals surface area contributed by atoms with Crippen molar-refractivity contribution in [3.63, 3.8) is 0 Å². The van der Waals surface area contributed by atoms with Crippen LogP contribution in [0.1, 0.15) is 72.7 Å². The van der Waals surface area contributed by atoms with Crippen molar-refractivity contribution in [3.8, 4) is 17.2 Å². The Hall–Kier alpha value is -7.70. The summed E-state index contributed by atoms with van der Waals surface area (Å²) in [7, 11) is 0. The molecule has 10 rings (SSSR count). The fourth-order valence-corrected chi connectivity index (χ4v) is 9.41. The Morgan fingerprint density at radius 2 is 1.62 bits per heavy atom. The Morgan fingerprint density at radius 1 is 0.809 bits per heavy atom. The Balaban J connectivity index is 0.706. The van der Waals surface area contributed by atoms with Gasteiger partial charge in [0.2, 0.25) is 11.8 Å². The van der Waals surface area contributed by atoms with Crippen LogP contribution in [0.4, 0.5) is 11.6 Å². The number of imide groups is 2. The van der Waals surface area contributed by atoms with Gasteiger partial charge in [-0.15, -0.1) is 0 Å². The number of rotatable bonds is 13. The molecule has 3 fully saturated rings. The summed E-state index contributed by atoms with van der Waals surface area (Å²) >= 11 is 6.64. The number of likely N-dealkylation sites (tertiary alicyclic amines) is 1. The zero-order chi connectivity index (χ0) is 46.9. The van der Waals surface area contributed by atoms with Crippen molar-refractivity contribution in [3.05, 3.63) is 130 Å². The van der Waals surface area contributed by atoms with Crippen LogP contribution in [0.5, 0.6) is 17.2 Å². The summed E-state index contributed by atoms with van der Waals surface area (Å²) in [4.78, 5) is 102. The number of carbonyl (C=O) groups excluding carboxylic acids is 6. The Bertz CT molecular complexity index is 2960. The molecule has 68 heavy (non-hydrogen) atoms. The van der Waals surface area contributed by atoms with E-state index < -0.39 is 29.7 Å². The molecule has 0 radical (unpaired) electrons. The van der Waals surface area contributed by atoms with Crippen molar-refractivity contribution in [2.75, 3.05) is 62.6 Å². The summed E-state index contributed by atoms with van der Waals surface area (Å²) in [6.45, 7) is 4.96. The fraction of sp³-hybridized carbons (Fsp3) is 0.286. The molecule has 6 aromatic rings. The summed E-state index contributed by atoms with van der Waals surface area (Å²) < 4.78 is 11.9. The number of amides is 5. The summed E-state index contributed by atoms with van der Waals surface area (Å²) in [5.41, 5.74) is 2.03. The lowest BCUT2D eigenvalue weighted by Gasteiger charge is -2.35. The van der Waals surface area contributed by atoms with Gasteiger partial charge in [-0.05, 0) is 73.9 Å². The van der Waals surface area contributed by atoms with Gasteiger partial charge >= 0.3 is 0 Å². The van der Waals surface area contributed by atoms with Crippen molar-refractivity contribution >= 4 is 69.6 Å². The van der Waals surface area contributed by atoms with Gasteiger partial charge in [-0.25, -0.2) is 15.0 Å². The number of ketones is 1. The lowest BCUT2D eigenvalue weighted by Crippen LogP contribution is -2.54. The van der Waals surface area contributed by atoms with Crippen LogP contribution in [0.25, 0.3) is 11.0 Å². The third-order valence-corrected chi connectivity index (χ3v) is 13.0. The van der Waals surface area contributed by atoms with Crippen LogP contribution >= 0.6 is 11.6 Å². The van der Waals surface area contributed by atoms with E-state index in [2.05, 4.69) is 40.4 Å². The minimum Gasteiger partial charge on any atom is -0.492 e. The van der Waals surface area contributed by atoms with Crippen LogP contribution in [0, 0.1) is 0 Å². The number of aromatic nitrogens is 4. The minimum atomic E-state index is -1.03. The van der Waals surface area contributed by atoms with E-state index in [9.17, 15) is 28.8 Å². The predicted molar refractivity (Wildman–Crippen MR) is 249 cm³/mol. The molecule has 0 aliphatic carbocycles. The fourth-order valence-electron chi connectivity index (χ4n) is 9.15. The predicted octanol–water partition coefficient (Wildman–Crippen LogP) is 5.35. The molecule has 4 aliphatic heterocycles. The quantitative estimate of drug-likeness (QED) is 0.0985. The van der Waals surface area contributed by atoms with Gasteiger partial charge in [-0.3, -0.25) is 43.9 Å². The van der Waals surface area contributed by atoms with Crippen LogP contribution in [0.2, 0.25) is 5.02 Å². The van der Waals surface area contributed by atoms with Crippen molar-refractivity contribution < 1.29 is 38.2 Å². The maximum absolute atomic E-state index is 13.9. The van der Waals surface area contributed by atoms with E-state index in [4.69, 9.17) is 21.1 Å². The van der Waals surface area contributed by atoms with E-state index in [1.54, 1.807) is 36.7 Å². The topological polar surface area (TPSA) is 212 Å². The number of anilines is 2. The number of benzene rings is 3. The molecule has 5 amide bonds. The number of ether oxygens (including phenoxy) is 2. The number of fused-ring (bicyclic) bond motifs is 2. The minimum absolute atomic E-state index is 0.0538. The Kier molecular flexibility index (Phi) is 12.3.